The molecule has 1 unspecified atom stereocenters. The lowest BCUT2D eigenvalue weighted by molar-refractivity contribution is -0.124. The zero-order valence-electron chi connectivity index (χ0n) is 13.4. The number of rotatable bonds is 4. The minimum absolute atomic E-state index is 0.0485. The van der Waals surface area contributed by atoms with E-state index in [9.17, 15) is 18.0 Å². The number of nitrogens with zero attached hydrogens (tertiary/aromatic N) is 1. The molecule has 130 valence electrons. The average Bonchev–Trinajstić information content (AvgIpc) is 3.00. The predicted octanol–water partition coefficient (Wildman–Crippen LogP) is 2.14. The number of esters is 1. The standard InChI is InChI=1S/C17H21NO5S/c19-15-5-4-6-16(15)23-17(20)13-7-9-14(10-8-13)24(21,22)18-11-2-1-3-12-18/h7-10,16H,1-6,11-12H2. The van der Waals surface area contributed by atoms with Gasteiger partial charge in [0.05, 0.1) is 10.5 Å². The summed E-state index contributed by atoms with van der Waals surface area (Å²) in [7, 11) is -3.51. The summed E-state index contributed by atoms with van der Waals surface area (Å²) in [5, 5.41) is 0. The maximum absolute atomic E-state index is 12.6. The van der Waals surface area contributed by atoms with E-state index in [0.717, 1.165) is 25.7 Å². The molecule has 0 aromatic heterocycles. The summed E-state index contributed by atoms with van der Waals surface area (Å²) in [4.78, 5) is 23.8. The maximum atomic E-state index is 12.6. The van der Waals surface area contributed by atoms with Gasteiger partial charge in [-0.2, -0.15) is 4.31 Å². The Kier molecular flexibility index (Phi) is 5.01. The van der Waals surface area contributed by atoms with Crippen LogP contribution in [0.1, 0.15) is 48.9 Å². The zero-order chi connectivity index (χ0) is 17.2. The number of carbonyl (C=O) groups excluding carboxylic acids is 2. The topological polar surface area (TPSA) is 80.8 Å². The van der Waals surface area contributed by atoms with E-state index < -0.39 is 22.1 Å². The molecule has 0 spiro atoms. The van der Waals surface area contributed by atoms with Gasteiger partial charge in [0.15, 0.2) is 11.9 Å². The molecule has 0 radical (unpaired) electrons. The monoisotopic (exact) mass is 351 g/mol. The largest absolute Gasteiger partial charge is 0.451 e. The van der Waals surface area contributed by atoms with Crippen molar-refractivity contribution in [1.82, 2.24) is 4.31 Å². The lowest BCUT2D eigenvalue weighted by Gasteiger charge is -2.25. The molecule has 1 saturated carbocycles. The molecule has 1 heterocycles. The Morgan fingerprint density at radius 3 is 2.29 bits per heavy atom. The smallest absolute Gasteiger partial charge is 0.338 e. The highest BCUT2D eigenvalue weighted by Crippen LogP contribution is 2.22. The van der Waals surface area contributed by atoms with Gasteiger partial charge in [0.25, 0.3) is 0 Å². The van der Waals surface area contributed by atoms with E-state index in [2.05, 4.69) is 0 Å². The third-order valence-electron chi connectivity index (χ3n) is 4.54. The van der Waals surface area contributed by atoms with E-state index in [1.807, 2.05) is 0 Å². The summed E-state index contributed by atoms with van der Waals surface area (Å²) in [6, 6.07) is 5.74. The van der Waals surface area contributed by atoms with E-state index >= 15 is 0 Å². The van der Waals surface area contributed by atoms with Crippen LogP contribution in [0.5, 0.6) is 0 Å². The van der Waals surface area contributed by atoms with E-state index in [1.165, 1.54) is 28.6 Å². The molecule has 0 amide bonds. The van der Waals surface area contributed by atoms with Crippen molar-refractivity contribution < 1.29 is 22.7 Å². The second kappa shape index (κ2) is 7.03. The number of benzene rings is 1. The molecule has 1 aliphatic carbocycles. The second-order valence-corrected chi connectivity index (χ2v) is 8.18. The van der Waals surface area contributed by atoms with Gasteiger partial charge in [-0.15, -0.1) is 0 Å². The van der Waals surface area contributed by atoms with Crippen molar-refractivity contribution in [1.29, 1.82) is 0 Å². The van der Waals surface area contributed by atoms with Crippen molar-refractivity contribution in [2.45, 2.75) is 49.5 Å². The van der Waals surface area contributed by atoms with Crippen molar-refractivity contribution in [3.8, 4) is 0 Å². The van der Waals surface area contributed by atoms with Gasteiger partial charge in [-0.05, 0) is 49.9 Å². The van der Waals surface area contributed by atoms with Crippen LogP contribution in [0.4, 0.5) is 0 Å². The normalized spacial score (nSPS) is 22.5. The predicted molar refractivity (Wildman–Crippen MR) is 87.1 cm³/mol. The molecule has 1 saturated heterocycles. The van der Waals surface area contributed by atoms with Crippen LogP contribution < -0.4 is 0 Å². The van der Waals surface area contributed by atoms with Gasteiger partial charge >= 0.3 is 5.97 Å². The highest BCUT2D eigenvalue weighted by molar-refractivity contribution is 7.89. The van der Waals surface area contributed by atoms with E-state index in [1.54, 1.807) is 0 Å². The minimum atomic E-state index is -3.51. The fourth-order valence-corrected chi connectivity index (χ4v) is 4.64. The molecule has 3 rings (SSSR count). The highest BCUT2D eigenvalue weighted by Gasteiger charge is 2.29. The Hall–Kier alpha value is -1.73. The lowest BCUT2D eigenvalue weighted by Crippen LogP contribution is -2.35. The van der Waals surface area contributed by atoms with Gasteiger partial charge in [0.2, 0.25) is 10.0 Å². The van der Waals surface area contributed by atoms with Crippen molar-refractivity contribution in [3.63, 3.8) is 0 Å². The first kappa shape index (κ1) is 17.1. The maximum Gasteiger partial charge on any atom is 0.338 e. The molecule has 0 bridgehead atoms. The molecular formula is C17H21NO5S. The molecule has 0 N–H and O–H groups in total. The van der Waals surface area contributed by atoms with E-state index in [4.69, 9.17) is 4.74 Å². The van der Waals surface area contributed by atoms with Crippen LogP contribution in [0.15, 0.2) is 29.2 Å². The summed E-state index contributed by atoms with van der Waals surface area (Å²) in [6.07, 6.45) is 3.89. The van der Waals surface area contributed by atoms with E-state index in [-0.39, 0.29) is 16.2 Å². The molecule has 1 atom stereocenters. The first-order valence-electron chi connectivity index (χ1n) is 8.32. The number of sulfonamides is 1. The Morgan fingerprint density at radius 1 is 1.04 bits per heavy atom. The highest BCUT2D eigenvalue weighted by atomic mass is 32.2. The number of ether oxygens (including phenoxy) is 1. The van der Waals surface area contributed by atoms with Gasteiger partial charge in [-0.3, -0.25) is 4.79 Å². The van der Waals surface area contributed by atoms with Gasteiger partial charge in [-0.25, -0.2) is 13.2 Å². The van der Waals surface area contributed by atoms with Crippen LogP contribution in [0.25, 0.3) is 0 Å². The van der Waals surface area contributed by atoms with Crippen LogP contribution in [0.3, 0.4) is 0 Å². The quantitative estimate of drug-likeness (QED) is 0.777. The summed E-state index contributed by atoms with van der Waals surface area (Å²) in [5.74, 6) is -0.634. The van der Waals surface area contributed by atoms with Crippen molar-refractivity contribution in [3.05, 3.63) is 29.8 Å². The third-order valence-corrected chi connectivity index (χ3v) is 6.45. The first-order chi connectivity index (χ1) is 11.5. The Labute approximate surface area is 141 Å². The van der Waals surface area contributed by atoms with Crippen LogP contribution in [-0.2, 0) is 19.6 Å². The molecule has 2 fully saturated rings. The lowest BCUT2D eigenvalue weighted by atomic mass is 10.2. The SMILES string of the molecule is O=C(OC1CCCC1=O)c1ccc(S(=O)(=O)N2CCCCC2)cc1. The van der Waals surface area contributed by atoms with Crippen LogP contribution in [-0.4, -0.2) is 43.7 Å². The van der Waals surface area contributed by atoms with Gasteiger partial charge in [0, 0.05) is 19.5 Å². The van der Waals surface area contributed by atoms with Crippen LogP contribution in [0, 0.1) is 0 Å². The van der Waals surface area contributed by atoms with Gasteiger partial charge in [-0.1, -0.05) is 6.42 Å². The number of ketones is 1. The number of hydrogen-bond acceptors (Lipinski definition) is 5. The third kappa shape index (κ3) is 3.52. The zero-order valence-corrected chi connectivity index (χ0v) is 14.3. The summed E-state index contributed by atoms with van der Waals surface area (Å²) >= 11 is 0. The molecule has 1 aromatic carbocycles. The Balaban J connectivity index is 1.70. The van der Waals surface area contributed by atoms with Crippen LogP contribution >= 0.6 is 0 Å². The summed E-state index contributed by atoms with van der Waals surface area (Å²) in [6.45, 7) is 1.08. The number of hydrogen-bond donors (Lipinski definition) is 0. The minimum Gasteiger partial charge on any atom is -0.451 e. The number of carbonyl (C=O) groups is 2. The van der Waals surface area contributed by atoms with Gasteiger partial charge < -0.3 is 4.74 Å². The van der Waals surface area contributed by atoms with Crippen molar-refractivity contribution in [2.75, 3.05) is 13.1 Å². The van der Waals surface area contributed by atoms with Crippen molar-refractivity contribution in [2.24, 2.45) is 0 Å². The molecule has 6 nitrogen and oxygen atoms in total. The molecule has 24 heavy (non-hydrogen) atoms. The van der Waals surface area contributed by atoms with Crippen LogP contribution in [0.2, 0.25) is 0 Å². The summed E-state index contributed by atoms with van der Waals surface area (Å²) in [5.41, 5.74) is 0.257. The fraction of sp³-hybridized carbons (Fsp3) is 0.529. The number of piperidine rings is 1. The van der Waals surface area contributed by atoms with E-state index in [0.29, 0.717) is 25.9 Å². The Bertz CT molecular complexity index is 720. The average molecular weight is 351 g/mol. The molecule has 7 heteroatoms. The molecule has 1 aliphatic heterocycles. The fourth-order valence-electron chi connectivity index (χ4n) is 3.12. The van der Waals surface area contributed by atoms with Gasteiger partial charge in [0.1, 0.15) is 0 Å². The molecular weight excluding hydrogens is 330 g/mol. The summed E-state index contributed by atoms with van der Waals surface area (Å²) < 4.78 is 31.8. The number of Topliss-reactive ketones (excluding diaryl/α,β-unsaturated/α-hetero) is 1. The second-order valence-electron chi connectivity index (χ2n) is 6.24. The Morgan fingerprint density at radius 2 is 1.71 bits per heavy atom. The van der Waals surface area contributed by atoms with Crippen molar-refractivity contribution >= 4 is 21.8 Å². The molecule has 1 aromatic rings. The molecule has 2 aliphatic rings. The first-order valence-corrected chi connectivity index (χ1v) is 9.76.